The van der Waals surface area contributed by atoms with Gasteiger partial charge in [0.1, 0.15) is 11.5 Å². The molecule has 6 nitrogen and oxygen atoms in total. The van der Waals surface area contributed by atoms with Crippen LogP contribution in [0, 0.1) is 5.92 Å². The molecular formula is C13H18N2O4. The summed E-state index contributed by atoms with van der Waals surface area (Å²) in [7, 11) is 3.11. The van der Waals surface area contributed by atoms with E-state index in [1.54, 1.807) is 32.4 Å². The lowest BCUT2D eigenvalue weighted by molar-refractivity contribution is -0.120. The highest BCUT2D eigenvalue weighted by Crippen LogP contribution is 2.29. The molecule has 0 saturated carbocycles. The number of carbonyl (C=O) groups excluding carboxylic acids is 1. The van der Waals surface area contributed by atoms with Gasteiger partial charge >= 0.3 is 0 Å². The molecule has 2 atom stereocenters. The van der Waals surface area contributed by atoms with Gasteiger partial charge in [0.25, 0.3) is 0 Å². The highest BCUT2D eigenvalue weighted by atomic mass is 16.5. The van der Waals surface area contributed by atoms with Crippen LogP contribution in [0.25, 0.3) is 0 Å². The number of benzene rings is 1. The molecule has 1 aliphatic heterocycles. The summed E-state index contributed by atoms with van der Waals surface area (Å²) in [6.07, 6.45) is 0. The van der Waals surface area contributed by atoms with Gasteiger partial charge in [0.15, 0.2) is 0 Å². The number of rotatable bonds is 4. The van der Waals surface area contributed by atoms with Crippen LogP contribution in [0.15, 0.2) is 18.2 Å². The van der Waals surface area contributed by atoms with E-state index >= 15 is 0 Å². The Morgan fingerprint density at radius 3 is 2.74 bits per heavy atom. The highest BCUT2D eigenvalue weighted by molar-refractivity contribution is 5.94. The summed E-state index contributed by atoms with van der Waals surface area (Å²) in [5.41, 5.74) is 6.38. The Bertz CT molecular complexity index is 464. The van der Waals surface area contributed by atoms with Gasteiger partial charge in [-0.1, -0.05) is 0 Å². The Labute approximate surface area is 111 Å². The summed E-state index contributed by atoms with van der Waals surface area (Å²) < 4.78 is 15.5. The minimum atomic E-state index is -0.337. The molecule has 0 spiro atoms. The summed E-state index contributed by atoms with van der Waals surface area (Å²) in [5.74, 6) is 0.706. The maximum absolute atomic E-state index is 12.1. The normalized spacial score (nSPS) is 22.1. The van der Waals surface area contributed by atoms with E-state index < -0.39 is 0 Å². The number of nitrogens with one attached hydrogen (secondary N) is 1. The molecule has 0 bridgehead atoms. The predicted molar refractivity (Wildman–Crippen MR) is 70.5 cm³/mol. The Balaban J connectivity index is 2.15. The van der Waals surface area contributed by atoms with Crippen LogP contribution in [0.3, 0.4) is 0 Å². The maximum atomic E-state index is 12.1. The van der Waals surface area contributed by atoms with Crippen molar-refractivity contribution in [1.82, 2.24) is 0 Å². The molecule has 2 rings (SSSR count). The zero-order chi connectivity index (χ0) is 13.8. The van der Waals surface area contributed by atoms with Crippen molar-refractivity contribution in [3.05, 3.63) is 18.2 Å². The van der Waals surface area contributed by atoms with Gasteiger partial charge in [-0.15, -0.1) is 0 Å². The van der Waals surface area contributed by atoms with Crippen molar-refractivity contribution in [2.45, 2.75) is 6.04 Å². The smallest absolute Gasteiger partial charge is 0.231 e. The number of nitrogens with two attached hydrogens (primary N) is 1. The Kier molecular flexibility index (Phi) is 4.24. The van der Waals surface area contributed by atoms with Crippen molar-refractivity contribution in [1.29, 1.82) is 0 Å². The van der Waals surface area contributed by atoms with E-state index in [2.05, 4.69) is 5.32 Å². The molecule has 1 heterocycles. The van der Waals surface area contributed by atoms with E-state index in [-0.39, 0.29) is 17.9 Å². The van der Waals surface area contributed by atoms with Gasteiger partial charge < -0.3 is 25.3 Å². The first-order valence-corrected chi connectivity index (χ1v) is 6.02. The van der Waals surface area contributed by atoms with E-state index in [0.29, 0.717) is 30.4 Å². The molecule has 0 aliphatic carbocycles. The van der Waals surface area contributed by atoms with Crippen molar-refractivity contribution < 1.29 is 19.0 Å². The van der Waals surface area contributed by atoms with Gasteiger partial charge in [-0.25, -0.2) is 0 Å². The minimum Gasteiger partial charge on any atom is -0.497 e. The standard InChI is InChI=1S/C13H18N2O4/c1-17-8-3-4-12(18-2)11(5-8)15-13(16)9-6-19-7-10(9)14/h3-5,9-10H,6-7,14H2,1-2H3,(H,15,16). The molecule has 104 valence electrons. The monoisotopic (exact) mass is 266 g/mol. The minimum absolute atomic E-state index is 0.170. The van der Waals surface area contributed by atoms with Crippen molar-refractivity contribution in [2.24, 2.45) is 11.7 Å². The van der Waals surface area contributed by atoms with Crippen molar-refractivity contribution >= 4 is 11.6 Å². The van der Waals surface area contributed by atoms with Crippen LogP contribution in [0.1, 0.15) is 0 Å². The number of hydrogen-bond acceptors (Lipinski definition) is 5. The third-order valence-corrected chi connectivity index (χ3v) is 3.13. The maximum Gasteiger partial charge on any atom is 0.231 e. The van der Waals surface area contributed by atoms with Crippen LogP contribution in [0.5, 0.6) is 11.5 Å². The lowest BCUT2D eigenvalue weighted by Gasteiger charge is -2.16. The second-order valence-electron chi connectivity index (χ2n) is 4.36. The molecule has 6 heteroatoms. The Morgan fingerprint density at radius 2 is 2.16 bits per heavy atom. The first-order valence-electron chi connectivity index (χ1n) is 6.02. The van der Waals surface area contributed by atoms with Crippen LogP contribution < -0.4 is 20.5 Å². The number of ether oxygens (including phenoxy) is 3. The Morgan fingerprint density at radius 1 is 1.37 bits per heavy atom. The Hall–Kier alpha value is -1.79. The fourth-order valence-electron chi connectivity index (χ4n) is 1.98. The van der Waals surface area contributed by atoms with Crippen molar-refractivity contribution in [3.63, 3.8) is 0 Å². The van der Waals surface area contributed by atoms with E-state index in [1.807, 2.05) is 0 Å². The van der Waals surface area contributed by atoms with Gasteiger partial charge in [0, 0.05) is 12.1 Å². The second kappa shape index (κ2) is 5.90. The number of hydrogen-bond donors (Lipinski definition) is 2. The first kappa shape index (κ1) is 13.6. The second-order valence-corrected chi connectivity index (χ2v) is 4.36. The predicted octanol–water partition coefficient (Wildman–Crippen LogP) is 0.616. The van der Waals surface area contributed by atoms with Crippen LogP contribution in [0.2, 0.25) is 0 Å². The molecule has 1 amide bonds. The third kappa shape index (κ3) is 2.97. The average molecular weight is 266 g/mol. The molecule has 1 saturated heterocycles. The summed E-state index contributed by atoms with van der Waals surface area (Å²) in [5, 5.41) is 2.80. The molecule has 1 aromatic rings. The summed E-state index contributed by atoms with van der Waals surface area (Å²) >= 11 is 0. The lowest BCUT2D eigenvalue weighted by atomic mass is 10.0. The molecule has 1 aromatic carbocycles. The van der Waals surface area contributed by atoms with E-state index in [1.165, 1.54) is 0 Å². The summed E-state index contributed by atoms with van der Waals surface area (Å²) in [4.78, 5) is 12.1. The number of carbonyl (C=O) groups is 1. The van der Waals surface area contributed by atoms with Gasteiger partial charge in [-0.05, 0) is 12.1 Å². The van der Waals surface area contributed by atoms with Crippen LogP contribution >= 0.6 is 0 Å². The SMILES string of the molecule is COc1ccc(OC)c(NC(=O)C2COCC2N)c1. The first-order chi connectivity index (χ1) is 9.15. The number of methoxy groups -OCH3 is 2. The molecule has 0 radical (unpaired) electrons. The summed E-state index contributed by atoms with van der Waals surface area (Å²) in [6.45, 7) is 0.757. The molecule has 1 aliphatic rings. The number of amides is 1. The topological polar surface area (TPSA) is 82.8 Å². The van der Waals surface area contributed by atoms with E-state index in [0.717, 1.165) is 0 Å². The van der Waals surface area contributed by atoms with Crippen LogP contribution in [-0.2, 0) is 9.53 Å². The van der Waals surface area contributed by atoms with Crippen LogP contribution in [-0.4, -0.2) is 39.4 Å². The van der Waals surface area contributed by atoms with Crippen molar-refractivity contribution in [2.75, 3.05) is 32.8 Å². The lowest BCUT2D eigenvalue weighted by Crippen LogP contribution is -2.37. The fraction of sp³-hybridized carbons (Fsp3) is 0.462. The quantitative estimate of drug-likeness (QED) is 0.834. The van der Waals surface area contributed by atoms with Gasteiger partial charge in [0.05, 0.1) is 39.0 Å². The molecule has 3 N–H and O–H groups in total. The zero-order valence-electron chi connectivity index (χ0n) is 11.0. The van der Waals surface area contributed by atoms with E-state index in [9.17, 15) is 4.79 Å². The zero-order valence-corrected chi connectivity index (χ0v) is 11.0. The van der Waals surface area contributed by atoms with Gasteiger partial charge in [0.2, 0.25) is 5.91 Å². The molecule has 19 heavy (non-hydrogen) atoms. The average Bonchev–Trinajstić information content (AvgIpc) is 2.85. The molecule has 1 fully saturated rings. The molecule has 0 aromatic heterocycles. The molecular weight excluding hydrogens is 248 g/mol. The van der Waals surface area contributed by atoms with Gasteiger partial charge in [-0.2, -0.15) is 0 Å². The van der Waals surface area contributed by atoms with E-state index in [4.69, 9.17) is 19.9 Å². The van der Waals surface area contributed by atoms with Crippen LogP contribution in [0.4, 0.5) is 5.69 Å². The third-order valence-electron chi connectivity index (χ3n) is 3.13. The van der Waals surface area contributed by atoms with Gasteiger partial charge in [-0.3, -0.25) is 4.79 Å². The molecule has 2 unspecified atom stereocenters. The van der Waals surface area contributed by atoms with Crippen molar-refractivity contribution in [3.8, 4) is 11.5 Å². The highest BCUT2D eigenvalue weighted by Gasteiger charge is 2.31. The largest absolute Gasteiger partial charge is 0.497 e. The number of anilines is 1. The summed E-state index contributed by atoms with van der Waals surface area (Å²) in [6, 6.07) is 4.94. The fourth-order valence-corrected chi connectivity index (χ4v) is 1.98.